The average Bonchev–Trinajstić information content (AvgIpc) is 3.21. The number of nitrogens with one attached hydrogen (secondary N) is 1. The Bertz CT molecular complexity index is 570. The van der Waals surface area contributed by atoms with Crippen LogP contribution < -0.4 is 5.32 Å². The number of rotatable bonds is 3. The monoisotopic (exact) mass is 305 g/mol. The van der Waals surface area contributed by atoms with Crippen molar-refractivity contribution in [1.82, 2.24) is 15.2 Å². The van der Waals surface area contributed by atoms with E-state index in [1.807, 2.05) is 0 Å². The zero-order valence-corrected chi connectivity index (χ0v) is 13.1. The largest absolute Gasteiger partial charge is 0.316 e. The van der Waals surface area contributed by atoms with Gasteiger partial charge in [0.25, 0.3) is 0 Å². The first-order valence-corrected chi connectivity index (χ1v) is 9.00. The first kappa shape index (κ1) is 13.0. The Morgan fingerprint density at radius 2 is 2.35 bits per heavy atom. The van der Waals surface area contributed by atoms with Crippen LogP contribution in [0.3, 0.4) is 0 Å². The lowest BCUT2D eigenvalue weighted by Crippen LogP contribution is -2.29. The van der Waals surface area contributed by atoms with Crippen LogP contribution in [0, 0.1) is 5.41 Å². The Hall–Kier alpha value is -0.750. The molecule has 5 heteroatoms. The van der Waals surface area contributed by atoms with Gasteiger partial charge in [-0.1, -0.05) is 6.07 Å². The fourth-order valence-electron chi connectivity index (χ4n) is 3.43. The Morgan fingerprint density at radius 1 is 1.35 bits per heavy atom. The molecule has 2 fully saturated rings. The molecule has 0 aromatic carbocycles. The van der Waals surface area contributed by atoms with Gasteiger partial charge in [0.2, 0.25) is 0 Å². The minimum absolute atomic E-state index is 0.562. The summed E-state index contributed by atoms with van der Waals surface area (Å²) in [4.78, 5) is 8.68. The van der Waals surface area contributed by atoms with Crippen LogP contribution in [0.1, 0.15) is 18.5 Å². The highest BCUT2D eigenvalue weighted by Crippen LogP contribution is 2.37. The average molecular weight is 305 g/mol. The summed E-state index contributed by atoms with van der Waals surface area (Å²) in [5.41, 5.74) is 1.80. The SMILES string of the molecule is c1csc(-c2nc(CN3CCC4(CCNC4)C3)cs2)c1. The molecule has 1 unspecified atom stereocenters. The molecule has 1 N–H and O–H groups in total. The summed E-state index contributed by atoms with van der Waals surface area (Å²) < 4.78 is 0. The number of likely N-dealkylation sites (tertiary alicyclic amines) is 1. The van der Waals surface area contributed by atoms with Crippen LogP contribution in [-0.4, -0.2) is 36.1 Å². The number of nitrogens with zero attached hydrogens (tertiary/aromatic N) is 2. The molecule has 2 aromatic rings. The van der Waals surface area contributed by atoms with Crippen molar-refractivity contribution in [2.45, 2.75) is 19.4 Å². The number of thiophene rings is 1. The van der Waals surface area contributed by atoms with Gasteiger partial charge in [-0.25, -0.2) is 4.98 Å². The van der Waals surface area contributed by atoms with E-state index >= 15 is 0 Å². The molecule has 0 bridgehead atoms. The molecule has 20 heavy (non-hydrogen) atoms. The highest BCUT2D eigenvalue weighted by Gasteiger charge is 2.40. The Labute approximate surface area is 127 Å². The fourth-order valence-corrected chi connectivity index (χ4v) is 5.05. The third kappa shape index (κ3) is 2.44. The van der Waals surface area contributed by atoms with Gasteiger partial charge in [-0.2, -0.15) is 0 Å². The van der Waals surface area contributed by atoms with Crippen LogP contribution in [0.4, 0.5) is 0 Å². The molecule has 0 amide bonds. The maximum absolute atomic E-state index is 4.80. The van der Waals surface area contributed by atoms with Crippen LogP contribution in [-0.2, 0) is 6.54 Å². The van der Waals surface area contributed by atoms with E-state index in [9.17, 15) is 0 Å². The van der Waals surface area contributed by atoms with Gasteiger partial charge in [0, 0.05) is 25.0 Å². The second kappa shape index (κ2) is 5.22. The normalized spacial score (nSPS) is 26.8. The van der Waals surface area contributed by atoms with E-state index in [4.69, 9.17) is 4.98 Å². The molecule has 0 radical (unpaired) electrons. The summed E-state index contributed by atoms with van der Waals surface area (Å²) in [7, 11) is 0. The summed E-state index contributed by atoms with van der Waals surface area (Å²) in [5, 5.41) is 9.04. The van der Waals surface area contributed by atoms with Gasteiger partial charge in [0.1, 0.15) is 5.01 Å². The summed E-state index contributed by atoms with van der Waals surface area (Å²) in [5.74, 6) is 0. The number of hydrogen-bond donors (Lipinski definition) is 1. The van der Waals surface area contributed by atoms with Crippen LogP contribution in [0.2, 0.25) is 0 Å². The van der Waals surface area contributed by atoms with E-state index in [0.717, 1.165) is 6.54 Å². The van der Waals surface area contributed by atoms with Crippen LogP contribution >= 0.6 is 22.7 Å². The fraction of sp³-hybridized carbons (Fsp3) is 0.533. The van der Waals surface area contributed by atoms with Gasteiger partial charge in [0.05, 0.1) is 10.6 Å². The predicted molar refractivity (Wildman–Crippen MR) is 85.2 cm³/mol. The second-order valence-electron chi connectivity index (χ2n) is 6.01. The van der Waals surface area contributed by atoms with Crippen LogP contribution in [0.15, 0.2) is 22.9 Å². The van der Waals surface area contributed by atoms with Gasteiger partial charge in [0.15, 0.2) is 0 Å². The van der Waals surface area contributed by atoms with Crippen LogP contribution in [0.5, 0.6) is 0 Å². The number of hydrogen-bond acceptors (Lipinski definition) is 5. The van der Waals surface area contributed by atoms with E-state index < -0.39 is 0 Å². The topological polar surface area (TPSA) is 28.2 Å². The summed E-state index contributed by atoms with van der Waals surface area (Å²) in [6.07, 6.45) is 2.70. The lowest BCUT2D eigenvalue weighted by molar-refractivity contribution is 0.267. The molecule has 2 aliphatic rings. The van der Waals surface area contributed by atoms with Crippen molar-refractivity contribution < 1.29 is 0 Å². The van der Waals surface area contributed by atoms with Crippen molar-refractivity contribution in [3.63, 3.8) is 0 Å². The van der Waals surface area contributed by atoms with Gasteiger partial charge in [-0.15, -0.1) is 22.7 Å². The maximum Gasteiger partial charge on any atom is 0.133 e. The minimum Gasteiger partial charge on any atom is -0.316 e. The highest BCUT2D eigenvalue weighted by molar-refractivity contribution is 7.20. The lowest BCUT2D eigenvalue weighted by Gasteiger charge is -2.22. The summed E-state index contributed by atoms with van der Waals surface area (Å²) in [6.45, 7) is 5.90. The van der Waals surface area contributed by atoms with E-state index in [1.54, 1.807) is 22.7 Å². The molecule has 3 nitrogen and oxygen atoms in total. The maximum atomic E-state index is 4.80. The Morgan fingerprint density at radius 3 is 3.15 bits per heavy atom. The van der Waals surface area contributed by atoms with Crippen molar-refractivity contribution in [2.24, 2.45) is 5.41 Å². The summed E-state index contributed by atoms with van der Waals surface area (Å²) >= 11 is 3.55. The highest BCUT2D eigenvalue weighted by atomic mass is 32.1. The predicted octanol–water partition coefficient (Wildman–Crippen LogP) is 3.06. The first-order chi connectivity index (χ1) is 9.83. The third-order valence-electron chi connectivity index (χ3n) is 4.52. The second-order valence-corrected chi connectivity index (χ2v) is 7.81. The molecule has 1 atom stereocenters. The molecule has 0 aliphatic carbocycles. The zero-order chi connectivity index (χ0) is 13.4. The van der Waals surface area contributed by atoms with Crippen molar-refractivity contribution >= 4 is 22.7 Å². The lowest BCUT2D eigenvalue weighted by atomic mass is 9.87. The van der Waals surface area contributed by atoms with Crippen molar-refractivity contribution in [3.8, 4) is 9.88 Å². The van der Waals surface area contributed by atoms with Crippen molar-refractivity contribution in [3.05, 3.63) is 28.6 Å². The van der Waals surface area contributed by atoms with Crippen molar-refractivity contribution in [2.75, 3.05) is 26.2 Å². The van der Waals surface area contributed by atoms with Crippen molar-refractivity contribution in [1.29, 1.82) is 0 Å². The molecular weight excluding hydrogens is 286 g/mol. The molecule has 4 heterocycles. The van der Waals surface area contributed by atoms with Gasteiger partial charge in [-0.05, 0) is 42.8 Å². The van der Waals surface area contributed by atoms with E-state index in [0.29, 0.717) is 5.41 Å². The first-order valence-electron chi connectivity index (χ1n) is 7.24. The number of thiazole rings is 1. The smallest absolute Gasteiger partial charge is 0.133 e. The minimum atomic E-state index is 0.562. The quantitative estimate of drug-likeness (QED) is 0.944. The van der Waals surface area contributed by atoms with Crippen LogP contribution in [0.25, 0.3) is 9.88 Å². The van der Waals surface area contributed by atoms with Gasteiger partial charge < -0.3 is 5.32 Å². The van der Waals surface area contributed by atoms with E-state index in [-0.39, 0.29) is 0 Å². The molecule has 106 valence electrons. The molecule has 2 saturated heterocycles. The molecule has 2 aliphatic heterocycles. The Kier molecular flexibility index (Phi) is 3.38. The van der Waals surface area contributed by atoms with E-state index in [1.165, 1.54) is 54.6 Å². The standard InChI is InChI=1S/C15H19N3S2/c1-2-13(19-7-1)14-17-12(9-20-14)8-18-6-4-15(11-18)3-5-16-10-15/h1-2,7,9,16H,3-6,8,10-11H2. The van der Waals surface area contributed by atoms with E-state index in [2.05, 4.69) is 33.1 Å². The van der Waals surface area contributed by atoms with Gasteiger partial charge in [-0.3, -0.25) is 4.90 Å². The summed E-state index contributed by atoms with van der Waals surface area (Å²) in [6, 6.07) is 4.25. The third-order valence-corrected chi connectivity index (χ3v) is 6.45. The molecular formula is C15H19N3S2. The Balaban J connectivity index is 1.43. The molecule has 0 saturated carbocycles. The number of aromatic nitrogens is 1. The van der Waals surface area contributed by atoms with Gasteiger partial charge >= 0.3 is 0 Å². The molecule has 2 aromatic heterocycles. The zero-order valence-electron chi connectivity index (χ0n) is 11.5. The molecule has 4 rings (SSSR count). The molecule has 1 spiro atoms.